The Balaban J connectivity index is 1.30. The lowest BCUT2D eigenvalue weighted by Crippen LogP contribution is -2.56. The van der Waals surface area contributed by atoms with Gasteiger partial charge in [-0.25, -0.2) is 4.39 Å². The van der Waals surface area contributed by atoms with Crippen molar-refractivity contribution in [2.45, 2.75) is 57.7 Å². The molecule has 1 aromatic carbocycles. The summed E-state index contributed by atoms with van der Waals surface area (Å²) in [6.07, 6.45) is 2.07. The number of rotatable bonds is 10. The Labute approximate surface area is 230 Å². The molecule has 0 radical (unpaired) electrons. The number of Topliss-reactive ketones (excluding diaryl/α,β-unsaturated/α-hetero) is 1. The molecule has 0 spiro atoms. The second-order valence-electron chi connectivity index (χ2n) is 11.5. The predicted octanol–water partition coefficient (Wildman–Crippen LogP) is 1.20. The molecule has 4 aliphatic rings. The van der Waals surface area contributed by atoms with Crippen LogP contribution in [0.15, 0.2) is 18.2 Å². The fourth-order valence-electron chi connectivity index (χ4n) is 5.94. The number of benzene rings is 1. The van der Waals surface area contributed by atoms with Gasteiger partial charge in [0.25, 0.3) is 11.8 Å². The van der Waals surface area contributed by atoms with E-state index in [1.807, 2.05) is 13.8 Å². The molecular formula is C27H32ClFN4O6. The fourth-order valence-corrected chi connectivity index (χ4v) is 6.11. The Hall–Kier alpha value is -3.21. The highest BCUT2D eigenvalue weighted by atomic mass is 35.5. The Morgan fingerprint density at radius 2 is 1.97 bits per heavy atom. The van der Waals surface area contributed by atoms with Crippen molar-refractivity contribution in [1.82, 2.24) is 20.9 Å². The molecule has 4 amide bonds. The van der Waals surface area contributed by atoms with Crippen LogP contribution in [0.2, 0.25) is 5.02 Å². The maximum absolute atomic E-state index is 13.7. The van der Waals surface area contributed by atoms with Gasteiger partial charge < -0.3 is 25.6 Å². The van der Waals surface area contributed by atoms with E-state index in [2.05, 4.69) is 16.0 Å². The number of hydrogen-bond acceptors (Lipinski definition) is 6. The van der Waals surface area contributed by atoms with Crippen molar-refractivity contribution in [2.24, 2.45) is 23.2 Å². The van der Waals surface area contributed by atoms with Crippen LogP contribution >= 0.6 is 11.6 Å². The number of piperidine rings is 1. The third kappa shape index (κ3) is 5.59. The summed E-state index contributed by atoms with van der Waals surface area (Å²) in [4.78, 5) is 66.2. The summed E-state index contributed by atoms with van der Waals surface area (Å²) in [5.74, 6) is -4.00. The molecule has 0 unspecified atom stereocenters. The van der Waals surface area contributed by atoms with Gasteiger partial charge >= 0.3 is 0 Å². The molecule has 4 fully saturated rings. The first-order chi connectivity index (χ1) is 18.5. The smallest absolute Gasteiger partial charge is 0.289 e. The molecule has 2 saturated carbocycles. The first kappa shape index (κ1) is 27.4. The SMILES string of the molecule is CC1(C)[C@@H]2[C@@H](C(=O)N[C@@H](C[C@@H]3CCNC3=O)C(=O)C(=O)NC3CC3)N(C(=O)COc3cc(F)ccc3Cl)C[C@@H]21. The fraction of sp³-hybridized carbons (Fsp3) is 0.593. The van der Waals surface area contributed by atoms with Crippen LogP contribution in [-0.4, -0.2) is 72.1 Å². The summed E-state index contributed by atoms with van der Waals surface area (Å²) >= 11 is 6.04. The lowest BCUT2D eigenvalue weighted by atomic mass is 9.94. The molecule has 39 heavy (non-hydrogen) atoms. The summed E-state index contributed by atoms with van der Waals surface area (Å²) in [5.41, 5.74) is -0.195. The van der Waals surface area contributed by atoms with Crippen LogP contribution in [0.25, 0.3) is 0 Å². The molecule has 2 aliphatic carbocycles. The third-order valence-corrected chi connectivity index (χ3v) is 8.81. The zero-order valence-electron chi connectivity index (χ0n) is 21.8. The van der Waals surface area contributed by atoms with Crippen molar-refractivity contribution in [3.63, 3.8) is 0 Å². The summed E-state index contributed by atoms with van der Waals surface area (Å²) in [5, 5.41) is 8.22. The highest BCUT2D eigenvalue weighted by Crippen LogP contribution is 2.64. The molecule has 10 nitrogen and oxygen atoms in total. The maximum Gasteiger partial charge on any atom is 0.289 e. The summed E-state index contributed by atoms with van der Waals surface area (Å²) in [6, 6.07) is 1.43. The van der Waals surface area contributed by atoms with Gasteiger partial charge in [0.1, 0.15) is 17.6 Å². The largest absolute Gasteiger partial charge is 0.482 e. The zero-order valence-corrected chi connectivity index (χ0v) is 22.6. The summed E-state index contributed by atoms with van der Waals surface area (Å²) in [7, 11) is 0. The minimum absolute atomic E-state index is 0.00612. The van der Waals surface area contributed by atoms with Crippen LogP contribution in [0.4, 0.5) is 4.39 Å². The molecule has 210 valence electrons. The van der Waals surface area contributed by atoms with E-state index < -0.39 is 53.9 Å². The molecule has 1 aromatic rings. The van der Waals surface area contributed by atoms with E-state index in [4.69, 9.17) is 16.3 Å². The van der Waals surface area contributed by atoms with Crippen LogP contribution in [0.1, 0.15) is 39.5 Å². The number of hydrogen-bond donors (Lipinski definition) is 3. The number of ketones is 1. The number of amides is 4. The van der Waals surface area contributed by atoms with E-state index >= 15 is 0 Å². The van der Waals surface area contributed by atoms with Gasteiger partial charge in [0.15, 0.2) is 6.61 Å². The highest BCUT2D eigenvalue weighted by molar-refractivity contribution is 6.38. The number of carbonyl (C=O) groups excluding carboxylic acids is 5. The predicted molar refractivity (Wildman–Crippen MR) is 137 cm³/mol. The van der Waals surface area contributed by atoms with Crippen LogP contribution in [0, 0.1) is 29.0 Å². The Bertz CT molecular complexity index is 1220. The summed E-state index contributed by atoms with van der Waals surface area (Å²) in [6.45, 7) is 4.36. The lowest BCUT2D eigenvalue weighted by molar-refractivity contribution is -0.144. The molecule has 0 aromatic heterocycles. The number of nitrogens with one attached hydrogen (secondary N) is 3. The average Bonchev–Trinajstić information content (AvgIpc) is 3.65. The quantitative estimate of drug-likeness (QED) is 0.367. The number of halogens is 2. The average molecular weight is 563 g/mol. The van der Waals surface area contributed by atoms with E-state index in [0.717, 1.165) is 18.9 Å². The number of ether oxygens (including phenoxy) is 1. The molecule has 2 saturated heterocycles. The molecule has 5 rings (SSSR count). The number of nitrogens with zero attached hydrogens (tertiary/aromatic N) is 1. The van der Waals surface area contributed by atoms with Crippen LogP contribution < -0.4 is 20.7 Å². The van der Waals surface area contributed by atoms with Gasteiger partial charge in [0.05, 0.1) is 11.1 Å². The van der Waals surface area contributed by atoms with Gasteiger partial charge in [0.2, 0.25) is 17.6 Å². The minimum atomic E-state index is -1.20. The number of likely N-dealkylation sites (tertiary alicyclic amines) is 1. The third-order valence-electron chi connectivity index (χ3n) is 8.49. The first-order valence-corrected chi connectivity index (χ1v) is 13.6. The molecule has 2 aliphatic heterocycles. The Morgan fingerprint density at radius 3 is 2.64 bits per heavy atom. The second kappa shape index (κ2) is 10.4. The second-order valence-corrected chi connectivity index (χ2v) is 11.9. The first-order valence-electron chi connectivity index (χ1n) is 13.3. The number of fused-ring (bicyclic) bond motifs is 1. The normalized spacial score (nSPS) is 27.3. The Kier molecular flexibility index (Phi) is 7.30. The van der Waals surface area contributed by atoms with Crippen LogP contribution in [-0.2, 0) is 24.0 Å². The van der Waals surface area contributed by atoms with E-state index in [9.17, 15) is 28.4 Å². The van der Waals surface area contributed by atoms with Gasteiger partial charge in [-0.1, -0.05) is 25.4 Å². The van der Waals surface area contributed by atoms with E-state index in [0.29, 0.717) is 19.5 Å². The standard InChI is InChI=1S/C27H32ClFN4O6/c1-27(2)16-11-33(20(34)12-39-19-10-14(29)3-6-17(19)28)22(21(16)27)25(37)32-18(9-13-7-8-30-24(13)36)23(35)26(38)31-15-4-5-15/h3,6,10,13,15-16,18,21-22H,4-5,7-9,11-12H2,1-2H3,(H,30,36)(H,31,38)(H,32,37)/t13-,16-,18-,21-,22-/m0/s1. The van der Waals surface area contributed by atoms with Gasteiger partial charge in [-0.2, -0.15) is 0 Å². The Morgan fingerprint density at radius 1 is 1.23 bits per heavy atom. The van der Waals surface area contributed by atoms with Crippen molar-refractivity contribution in [3.8, 4) is 5.75 Å². The van der Waals surface area contributed by atoms with E-state index in [1.54, 1.807) is 0 Å². The van der Waals surface area contributed by atoms with E-state index in [1.165, 1.54) is 17.0 Å². The lowest BCUT2D eigenvalue weighted by Gasteiger charge is -2.31. The van der Waals surface area contributed by atoms with Gasteiger partial charge in [0, 0.05) is 31.1 Å². The topological polar surface area (TPSA) is 134 Å². The maximum atomic E-state index is 13.7. The van der Waals surface area contributed by atoms with Crippen LogP contribution in [0.5, 0.6) is 5.75 Å². The molecule has 0 bridgehead atoms. The van der Waals surface area contributed by atoms with Crippen molar-refractivity contribution >= 4 is 41.0 Å². The molecule has 5 atom stereocenters. The molecular weight excluding hydrogens is 531 g/mol. The summed E-state index contributed by atoms with van der Waals surface area (Å²) < 4.78 is 19.1. The highest BCUT2D eigenvalue weighted by Gasteiger charge is 2.69. The van der Waals surface area contributed by atoms with E-state index in [-0.39, 0.29) is 46.4 Å². The van der Waals surface area contributed by atoms with Crippen molar-refractivity contribution < 1.29 is 33.1 Å². The molecule has 3 N–H and O–H groups in total. The zero-order chi connectivity index (χ0) is 28.1. The molecule has 12 heteroatoms. The van der Waals surface area contributed by atoms with Crippen molar-refractivity contribution in [1.29, 1.82) is 0 Å². The van der Waals surface area contributed by atoms with Gasteiger partial charge in [-0.3, -0.25) is 24.0 Å². The van der Waals surface area contributed by atoms with Gasteiger partial charge in [-0.15, -0.1) is 0 Å². The number of carbonyl (C=O) groups is 5. The van der Waals surface area contributed by atoms with Gasteiger partial charge in [-0.05, 0) is 55.1 Å². The van der Waals surface area contributed by atoms with Crippen molar-refractivity contribution in [2.75, 3.05) is 19.7 Å². The van der Waals surface area contributed by atoms with Crippen LogP contribution in [0.3, 0.4) is 0 Å². The molecule has 2 heterocycles. The minimum Gasteiger partial charge on any atom is -0.482 e. The van der Waals surface area contributed by atoms with Crippen molar-refractivity contribution in [3.05, 3.63) is 29.0 Å². The monoisotopic (exact) mass is 562 g/mol.